The molecule has 0 aromatic rings. The van der Waals surface area contributed by atoms with Gasteiger partial charge in [0.2, 0.25) is 0 Å². The van der Waals surface area contributed by atoms with Gasteiger partial charge in [-0.05, 0) is 38.5 Å². The van der Waals surface area contributed by atoms with Crippen molar-refractivity contribution in [3.63, 3.8) is 0 Å². The van der Waals surface area contributed by atoms with E-state index in [2.05, 4.69) is 0 Å². The Hall–Kier alpha value is -1.06. The van der Waals surface area contributed by atoms with Crippen LogP contribution >= 0.6 is 0 Å². The van der Waals surface area contributed by atoms with E-state index >= 15 is 0 Å². The number of hydrogen-bond donors (Lipinski definition) is 0. The molecule has 0 aromatic heterocycles. The molecule has 0 aromatic carbocycles. The van der Waals surface area contributed by atoms with Crippen molar-refractivity contribution in [3.05, 3.63) is 24.3 Å². The molecule has 2 rings (SSSR count). The van der Waals surface area contributed by atoms with Crippen molar-refractivity contribution in [1.82, 2.24) is 0 Å². The van der Waals surface area contributed by atoms with E-state index in [0.717, 1.165) is 38.5 Å². The quantitative estimate of drug-likeness (QED) is 0.538. The van der Waals surface area contributed by atoms with Gasteiger partial charge in [0.1, 0.15) is 0 Å². The van der Waals surface area contributed by atoms with Crippen LogP contribution in [-0.2, 0) is 26.7 Å². The monoisotopic (exact) mass is 313 g/mol. The number of hydrogen-bond acceptors (Lipinski definition) is 4. The van der Waals surface area contributed by atoms with Gasteiger partial charge in [-0.1, -0.05) is 24.3 Å². The fourth-order valence-electron chi connectivity index (χ4n) is 2.02. The number of carboxylic acids is 2. The normalized spacial score (nSPS) is 24.6. The molecule has 2 unspecified atom stereocenters. The van der Waals surface area contributed by atoms with Crippen molar-refractivity contribution in [1.29, 1.82) is 0 Å². The van der Waals surface area contributed by atoms with Crippen LogP contribution < -0.4 is 10.2 Å². The molecule has 19 heavy (non-hydrogen) atoms. The molecule has 2 aliphatic rings. The van der Waals surface area contributed by atoms with Gasteiger partial charge in [0.05, 0.1) is 0 Å². The maximum atomic E-state index is 10.2. The molecular formula is C14H18CuO4. The van der Waals surface area contributed by atoms with Gasteiger partial charge in [-0.3, -0.25) is 0 Å². The van der Waals surface area contributed by atoms with Crippen LogP contribution in [0.3, 0.4) is 0 Å². The minimum Gasteiger partial charge on any atom is -0.550 e. The van der Waals surface area contributed by atoms with Crippen LogP contribution in [0.1, 0.15) is 38.5 Å². The van der Waals surface area contributed by atoms with Crippen molar-refractivity contribution in [2.75, 3.05) is 0 Å². The smallest absolute Gasteiger partial charge is 0.550 e. The van der Waals surface area contributed by atoms with Crippen LogP contribution in [0.15, 0.2) is 24.3 Å². The second-order valence-electron chi connectivity index (χ2n) is 4.57. The summed E-state index contributed by atoms with van der Waals surface area (Å²) in [6, 6.07) is 0. The molecule has 4 nitrogen and oxygen atoms in total. The first-order valence-electron chi connectivity index (χ1n) is 6.36. The molecule has 0 saturated carbocycles. The SMILES string of the molecule is O=C([O-])C1C=CCCC1.O=C([O-])C1C=CCCC1.[Cu+2]. The van der Waals surface area contributed by atoms with E-state index in [4.69, 9.17) is 0 Å². The topological polar surface area (TPSA) is 80.3 Å². The van der Waals surface area contributed by atoms with Crippen molar-refractivity contribution >= 4 is 11.9 Å². The maximum absolute atomic E-state index is 10.2. The Balaban J connectivity index is 0.000000324. The Kier molecular flexibility index (Phi) is 9.27. The summed E-state index contributed by atoms with van der Waals surface area (Å²) in [5, 5.41) is 20.4. The fourth-order valence-corrected chi connectivity index (χ4v) is 2.02. The number of carbonyl (C=O) groups is 2. The van der Waals surface area contributed by atoms with E-state index in [1.165, 1.54) is 0 Å². The molecule has 0 aliphatic heterocycles. The van der Waals surface area contributed by atoms with Crippen LogP contribution in [0.25, 0.3) is 0 Å². The summed E-state index contributed by atoms with van der Waals surface area (Å²) in [5.74, 6) is -2.52. The standard InChI is InChI=1S/2C7H10O2.Cu/c2*8-7(9)6-4-2-1-3-5-6;/h2*2,4,6H,1,3,5H2,(H,8,9);/q;;+2/p-2. The first-order chi connectivity index (χ1) is 8.61. The molecule has 0 spiro atoms. The predicted molar refractivity (Wildman–Crippen MR) is 63.0 cm³/mol. The summed E-state index contributed by atoms with van der Waals surface area (Å²) in [6.45, 7) is 0. The van der Waals surface area contributed by atoms with Gasteiger partial charge in [0.15, 0.2) is 0 Å². The van der Waals surface area contributed by atoms with Gasteiger partial charge in [0.25, 0.3) is 0 Å². The Morgan fingerprint density at radius 2 is 1.21 bits per heavy atom. The van der Waals surface area contributed by atoms with Gasteiger partial charge in [0, 0.05) is 23.8 Å². The van der Waals surface area contributed by atoms with E-state index in [-0.39, 0.29) is 28.9 Å². The van der Waals surface area contributed by atoms with Crippen molar-refractivity contribution in [2.45, 2.75) is 38.5 Å². The summed E-state index contributed by atoms with van der Waals surface area (Å²) in [4.78, 5) is 20.4. The summed E-state index contributed by atoms with van der Waals surface area (Å²) in [6.07, 6.45) is 12.8. The molecule has 5 heteroatoms. The molecule has 2 aliphatic carbocycles. The molecule has 0 heterocycles. The number of carboxylic acid groups (broad SMARTS) is 2. The van der Waals surface area contributed by atoms with Crippen LogP contribution in [-0.4, -0.2) is 11.9 Å². The summed E-state index contributed by atoms with van der Waals surface area (Å²) in [7, 11) is 0. The molecule has 0 N–H and O–H groups in total. The zero-order valence-electron chi connectivity index (χ0n) is 10.6. The fraction of sp³-hybridized carbons (Fsp3) is 0.571. The van der Waals surface area contributed by atoms with E-state index in [9.17, 15) is 19.8 Å². The van der Waals surface area contributed by atoms with Crippen LogP contribution in [0.2, 0.25) is 0 Å². The first-order valence-corrected chi connectivity index (χ1v) is 6.36. The Morgan fingerprint density at radius 1 is 0.842 bits per heavy atom. The molecule has 0 bridgehead atoms. The predicted octanol–water partition coefficient (Wildman–Crippen LogP) is 0.183. The van der Waals surface area contributed by atoms with Crippen molar-refractivity contribution in [3.8, 4) is 0 Å². The van der Waals surface area contributed by atoms with E-state index < -0.39 is 11.9 Å². The van der Waals surface area contributed by atoms with E-state index in [1.54, 1.807) is 12.2 Å². The third kappa shape index (κ3) is 7.18. The molecular weight excluding hydrogens is 296 g/mol. The molecule has 0 saturated heterocycles. The number of carbonyl (C=O) groups excluding carboxylic acids is 2. The van der Waals surface area contributed by atoms with E-state index in [1.807, 2.05) is 12.2 Å². The van der Waals surface area contributed by atoms with E-state index in [0.29, 0.717) is 0 Å². The summed E-state index contributed by atoms with van der Waals surface area (Å²) in [5.41, 5.74) is 0. The average Bonchev–Trinajstić information content (AvgIpc) is 2.41. The Bertz CT molecular complexity index is 315. The van der Waals surface area contributed by atoms with Gasteiger partial charge in [-0.25, -0.2) is 0 Å². The molecule has 1 radical (unpaired) electrons. The van der Waals surface area contributed by atoms with Crippen LogP contribution in [0, 0.1) is 11.8 Å². The van der Waals surface area contributed by atoms with Gasteiger partial charge in [-0.15, -0.1) is 0 Å². The Labute approximate surface area is 124 Å². The minimum absolute atomic E-state index is 0. The minimum atomic E-state index is -0.939. The number of allylic oxidation sites excluding steroid dienone is 2. The van der Waals surface area contributed by atoms with Crippen molar-refractivity contribution in [2.24, 2.45) is 11.8 Å². The zero-order chi connectivity index (χ0) is 13.4. The second-order valence-corrected chi connectivity index (χ2v) is 4.57. The van der Waals surface area contributed by atoms with Gasteiger partial charge >= 0.3 is 17.1 Å². The molecule has 0 fully saturated rings. The third-order valence-electron chi connectivity index (χ3n) is 3.11. The average molecular weight is 314 g/mol. The first kappa shape index (κ1) is 17.9. The number of aliphatic carboxylic acids is 2. The summed E-state index contributed by atoms with van der Waals surface area (Å²) < 4.78 is 0. The van der Waals surface area contributed by atoms with Gasteiger partial charge < -0.3 is 19.8 Å². The zero-order valence-corrected chi connectivity index (χ0v) is 11.6. The number of rotatable bonds is 2. The largest absolute Gasteiger partial charge is 2.00 e. The van der Waals surface area contributed by atoms with Crippen molar-refractivity contribution < 1.29 is 36.9 Å². The van der Waals surface area contributed by atoms with Gasteiger partial charge in [-0.2, -0.15) is 0 Å². The maximum Gasteiger partial charge on any atom is 2.00 e. The molecule has 0 amide bonds. The van der Waals surface area contributed by atoms with Crippen LogP contribution in [0.5, 0.6) is 0 Å². The van der Waals surface area contributed by atoms with Crippen LogP contribution in [0.4, 0.5) is 0 Å². The summed E-state index contributed by atoms with van der Waals surface area (Å²) >= 11 is 0. The Morgan fingerprint density at radius 3 is 1.37 bits per heavy atom. The molecule has 109 valence electrons. The molecule has 2 atom stereocenters. The third-order valence-corrected chi connectivity index (χ3v) is 3.11. The second kappa shape index (κ2) is 9.82.